The van der Waals surface area contributed by atoms with Crippen LogP contribution in [0.1, 0.15) is 13.3 Å². The van der Waals surface area contributed by atoms with Crippen molar-refractivity contribution in [2.45, 2.75) is 26.4 Å². The Balaban J connectivity index is 1.75. The van der Waals surface area contributed by atoms with Crippen LogP contribution in [0, 0.1) is 0 Å². The molecule has 0 fully saturated rings. The number of nitrogens with one attached hydrogen (secondary N) is 1. The molecule has 0 aliphatic rings. The van der Waals surface area contributed by atoms with Gasteiger partial charge in [-0.15, -0.1) is 0 Å². The van der Waals surface area contributed by atoms with Gasteiger partial charge in [-0.1, -0.05) is 31.2 Å². The van der Waals surface area contributed by atoms with Crippen molar-refractivity contribution in [1.82, 2.24) is 19.3 Å². The van der Waals surface area contributed by atoms with E-state index in [9.17, 15) is 9.59 Å². The first-order valence-electron chi connectivity index (χ1n) is 8.87. The van der Waals surface area contributed by atoms with Crippen LogP contribution in [0.2, 0.25) is 0 Å². The van der Waals surface area contributed by atoms with E-state index in [4.69, 9.17) is 0 Å². The van der Waals surface area contributed by atoms with Crippen molar-refractivity contribution in [3.8, 4) is 0 Å². The number of fused-ring (bicyclic) bond motifs is 3. The summed E-state index contributed by atoms with van der Waals surface area (Å²) in [5.41, 5.74) is 1.32. The van der Waals surface area contributed by atoms with Gasteiger partial charge in [0.1, 0.15) is 17.9 Å². The highest BCUT2D eigenvalue weighted by molar-refractivity contribution is 6.07. The molecule has 4 rings (SSSR count). The average Bonchev–Trinajstić information content (AvgIpc) is 3.00. The van der Waals surface area contributed by atoms with Crippen LogP contribution in [0.3, 0.4) is 0 Å². The molecule has 0 radical (unpaired) electrons. The predicted molar refractivity (Wildman–Crippen MR) is 105 cm³/mol. The molecule has 0 atom stereocenters. The van der Waals surface area contributed by atoms with Crippen LogP contribution in [0.4, 0.5) is 5.82 Å². The summed E-state index contributed by atoms with van der Waals surface area (Å²) in [7, 11) is 0. The monoisotopic (exact) mass is 361 g/mol. The maximum Gasteiger partial charge on any atom is 0.291 e. The summed E-state index contributed by atoms with van der Waals surface area (Å²) >= 11 is 0. The molecule has 0 bridgehead atoms. The molecule has 136 valence electrons. The van der Waals surface area contributed by atoms with Crippen molar-refractivity contribution in [3.05, 3.63) is 65.2 Å². The van der Waals surface area contributed by atoms with E-state index < -0.39 is 0 Å². The lowest BCUT2D eigenvalue weighted by Gasteiger charge is -2.08. The molecular weight excluding hydrogens is 342 g/mol. The standard InChI is InChI=1S/C20H19N5O2/c1-2-11-24-16-8-4-3-7-14(16)15-12-22-25(20(27)19(15)24)13-18(26)23-17-9-5-6-10-21-17/h3-10,12H,2,11,13H2,1H3,(H,21,23,26). The van der Waals surface area contributed by atoms with E-state index in [2.05, 4.69) is 22.3 Å². The number of aromatic nitrogens is 4. The summed E-state index contributed by atoms with van der Waals surface area (Å²) in [5, 5.41) is 8.70. The first-order chi connectivity index (χ1) is 13.2. The molecule has 1 amide bonds. The molecule has 7 nitrogen and oxygen atoms in total. The van der Waals surface area contributed by atoms with Gasteiger partial charge in [0.2, 0.25) is 5.91 Å². The highest BCUT2D eigenvalue weighted by atomic mass is 16.2. The fraction of sp³-hybridized carbons (Fsp3) is 0.200. The number of nitrogens with zero attached hydrogens (tertiary/aromatic N) is 4. The van der Waals surface area contributed by atoms with Gasteiger partial charge in [0.15, 0.2) is 0 Å². The Morgan fingerprint density at radius 2 is 1.93 bits per heavy atom. The van der Waals surface area contributed by atoms with Crippen LogP contribution >= 0.6 is 0 Å². The summed E-state index contributed by atoms with van der Waals surface area (Å²) < 4.78 is 3.22. The normalized spacial score (nSPS) is 11.1. The van der Waals surface area contributed by atoms with Crippen LogP contribution in [0.15, 0.2) is 59.7 Å². The summed E-state index contributed by atoms with van der Waals surface area (Å²) in [4.78, 5) is 29.4. The van der Waals surface area contributed by atoms with E-state index >= 15 is 0 Å². The van der Waals surface area contributed by atoms with Gasteiger partial charge < -0.3 is 9.88 Å². The maximum atomic E-state index is 13.1. The number of carbonyl (C=O) groups excluding carboxylic acids is 1. The van der Waals surface area contributed by atoms with Crippen LogP contribution in [-0.2, 0) is 17.9 Å². The van der Waals surface area contributed by atoms with Gasteiger partial charge >= 0.3 is 0 Å². The van der Waals surface area contributed by atoms with Crippen LogP contribution < -0.4 is 10.9 Å². The van der Waals surface area contributed by atoms with Crippen molar-refractivity contribution >= 4 is 33.5 Å². The minimum atomic E-state index is -0.346. The number of aryl methyl sites for hydroxylation is 1. The highest BCUT2D eigenvalue weighted by Crippen LogP contribution is 2.26. The zero-order valence-electron chi connectivity index (χ0n) is 14.9. The largest absolute Gasteiger partial charge is 0.336 e. The lowest BCUT2D eigenvalue weighted by atomic mass is 10.2. The van der Waals surface area contributed by atoms with Gasteiger partial charge in [0.25, 0.3) is 5.56 Å². The molecule has 3 aromatic heterocycles. The second-order valence-corrected chi connectivity index (χ2v) is 6.30. The van der Waals surface area contributed by atoms with Crippen molar-refractivity contribution in [2.24, 2.45) is 0 Å². The molecule has 0 unspecified atom stereocenters. The molecule has 0 spiro atoms. The zero-order valence-corrected chi connectivity index (χ0v) is 14.9. The third-order valence-electron chi connectivity index (χ3n) is 4.45. The number of hydrogen-bond donors (Lipinski definition) is 1. The number of benzene rings is 1. The molecule has 0 aliphatic heterocycles. The van der Waals surface area contributed by atoms with E-state index in [0.717, 1.165) is 29.3 Å². The van der Waals surface area contributed by atoms with Gasteiger partial charge in [-0.3, -0.25) is 9.59 Å². The Labute approximate surface area is 155 Å². The minimum absolute atomic E-state index is 0.168. The lowest BCUT2D eigenvalue weighted by molar-refractivity contribution is -0.117. The third kappa shape index (κ3) is 3.08. The first kappa shape index (κ1) is 17.0. The van der Waals surface area contributed by atoms with Gasteiger partial charge in [-0.25, -0.2) is 9.67 Å². The molecule has 0 saturated heterocycles. The SMILES string of the molecule is CCCn1c2ccccc2c2cnn(CC(=O)Nc3ccccn3)c(=O)c21. The number of amides is 1. The molecule has 27 heavy (non-hydrogen) atoms. The van der Waals surface area contributed by atoms with Crippen molar-refractivity contribution < 1.29 is 4.79 Å². The van der Waals surface area contributed by atoms with Crippen molar-refractivity contribution in [2.75, 3.05) is 5.32 Å². The van der Waals surface area contributed by atoms with Gasteiger partial charge in [0, 0.05) is 29.0 Å². The van der Waals surface area contributed by atoms with Gasteiger partial charge in [-0.2, -0.15) is 5.10 Å². The molecule has 1 N–H and O–H groups in total. The molecule has 7 heteroatoms. The Morgan fingerprint density at radius 3 is 2.70 bits per heavy atom. The van der Waals surface area contributed by atoms with E-state index in [1.54, 1.807) is 30.6 Å². The highest BCUT2D eigenvalue weighted by Gasteiger charge is 2.16. The van der Waals surface area contributed by atoms with E-state index in [0.29, 0.717) is 11.3 Å². The van der Waals surface area contributed by atoms with E-state index in [1.165, 1.54) is 4.68 Å². The lowest BCUT2D eigenvalue weighted by Crippen LogP contribution is -2.30. The molecule has 3 heterocycles. The summed E-state index contributed by atoms with van der Waals surface area (Å²) in [5.74, 6) is 0.0949. The molecule has 0 aliphatic carbocycles. The number of para-hydroxylation sites is 1. The quantitative estimate of drug-likeness (QED) is 0.593. The number of carbonyl (C=O) groups is 1. The van der Waals surface area contributed by atoms with Crippen LogP contribution in [0.5, 0.6) is 0 Å². The second-order valence-electron chi connectivity index (χ2n) is 6.30. The Morgan fingerprint density at radius 1 is 1.11 bits per heavy atom. The number of rotatable bonds is 5. The number of hydrogen-bond acceptors (Lipinski definition) is 4. The fourth-order valence-corrected chi connectivity index (χ4v) is 3.32. The molecule has 4 aromatic rings. The Kier molecular flexibility index (Phi) is 4.42. The number of pyridine rings is 1. The smallest absolute Gasteiger partial charge is 0.291 e. The van der Waals surface area contributed by atoms with Crippen LogP contribution in [0.25, 0.3) is 21.8 Å². The third-order valence-corrected chi connectivity index (χ3v) is 4.45. The maximum absolute atomic E-state index is 13.1. The van der Waals surface area contributed by atoms with Crippen molar-refractivity contribution in [3.63, 3.8) is 0 Å². The fourth-order valence-electron chi connectivity index (χ4n) is 3.32. The Bertz CT molecular complexity index is 1180. The zero-order chi connectivity index (χ0) is 18.8. The topological polar surface area (TPSA) is 81.8 Å². The van der Waals surface area contributed by atoms with Gasteiger partial charge in [-0.05, 0) is 24.6 Å². The predicted octanol–water partition coefficient (Wildman–Crippen LogP) is 2.79. The minimum Gasteiger partial charge on any atom is -0.336 e. The molecule has 0 saturated carbocycles. The van der Waals surface area contributed by atoms with E-state index in [1.807, 2.05) is 28.8 Å². The average molecular weight is 361 g/mol. The van der Waals surface area contributed by atoms with Gasteiger partial charge in [0.05, 0.1) is 6.20 Å². The van der Waals surface area contributed by atoms with Crippen LogP contribution in [-0.4, -0.2) is 25.2 Å². The summed E-state index contributed by atoms with van der Waals surface area (Å²) in [6.45, 7) is 2.63. The molecule has 1 aromatic carbocycles. The van der Waals surface area contributed by atoms with E-state index in [-0.39, 0.29) is 18.0 Å². The molecular formula is C20H19N5O2. The first-order valence-corrected chi connectivity index (χ1v) is 8.87. The summed E-state index contributed by atoms with van der Waals surface area (Å²) in [6, 6.07) is 13.1. The Hall–Kier alpha value is -3.48. The second kappa shape index (κ2) is 7.03. The summed E-state index contributed by atoms with van der Waals surface area (Å²) in [6.07, 6.45) is 4.16. The van der Waals surface area contributed by atoms with Crippen molar-refractivity contribution in [1.29, 1.82) is 0 Å². The number of anilines is 1.